The molecule has 0 heterocycles. The third-order valence-electron chi connectivity index (χ3n) is 1.97. The molecule has 68 valence electrons. The lowest BCUT2D eigenvalue weighted by molar-refractivity contribution is 0.458. The first kappa shape index (κ1) is 10.3. The Balaban J connectivity index is 2.87. The van der Waals surface area contributed by atoms with E-state index in [2.05, 4.69) is 29.8 Å². The topological polar surface area (TPSA) is 0 Å². The second-order valence-corrected chi connectivity index (χ2v) is 4.71. The molecule has 0 bridgehead atoms. The Hall–Kier alpha value is 0.180. The molecule has 0 saturated carbocycles. The summed E-state index contributed by atoms with van der Waals surface area (Å²) in [6, 6.07) is 0. The van der Waals surface area contributed by atoms with Crippen molar-refractivity contribution >= 4 is 27.5 Å². The number of allylic oxidation sites excluding steroid dienone is 4. The highest BCUT2D eigenvalue weighted by Gasteiger charge is 2.27. The fourth-order valence-electron chi connectivity index (χ4n) is 1.37. The van der Waals surface area contributed by atoms with Gasteiger partial charge in [0.1, 0.15) is 5.83 Å². The quantitative estimate of drug-likeness (QED) is 0.619. The molecule has 0 fully saturated rings. The van der Waals surface area contributed by atoms with E-state index < -0.39 is 0 Å². The van der Waals surface area contributed by atoms with Gasteiger partial charge in [0.2, 0.25) is 0 Å². The minimum atomic E-state index is -0.251. The standard InChI is InChI=1S/C9H11BrClF/c1-5(2)9-7(10)3-6(12)4-8(9)11/h3-5,8-9H,1-2H3. The number of alkyl halides is 1. The normalized spacial score (nSPS) is 30.2. The Morgan fingerprint density at radius 3 is 2.58 bits per heavy atom. The highest BCUT2D eigenvalue weighted by molar-refractivity contribution is 9.11. The van der Waals surface area contributed by atoms with Crippen LogP contribution in [0.1, 0.15) is 13.8 Å². The van der Waals surface area contributed by atoms with Crippen molar-refractivity contribution < 1.29 is 4.39 Å². The van der Waals surface area contributed by atoms with Crippen LogP contribution in [-0.2, 0) is 0 Å². The zero-order valence-corrected chi connectivity index (χ0v) is 9.36. The Morgan fingerprint density at radius 1 is 1.58 bits per heavy atom. The Labute approximate surface area is 85.6 Å². The lowest BCUT2D eigenvalue weighted by Crippen LogP contribution is -2.21. The summed E-state index contributed by atoms with van der Waals surface area (Å²) < 4.78 is 13.7. The van der Waals surface area contributed by atoms with E-state index in [-0.39, 0.29) is 17.1 Å². The van der Waals surface area contributed by atoms with E-state index in [1.165, 1.54) is 12.2 Å². The van der Waals surface area contributed by atoms with Gasteiger partial charge in [-0.3, -0.25) is 0 Å². The van der Waals surface area contributed by atoms with Crippen molar-refractivity contribution in [1.82, 2.24) is 0 Å². The third-order valence-corrected chi connectivity index (χ3v) is 3.13. The second-order valence-electron chi connectivity index (χ2n) is 3.30. The monoisotopic (exact) mass is 252 g/mol. The molecule has 0 spiro atoms. The minimum Gasteiger partial charge on any atom is -0.207 e. The molecule has 2 atom stereocenters. The maximum atomic E-state index is 12.8. The minimum absolute atomic E-state index is 0.200. The molecule has 12 heavy (non-hydrogen) atoms. The van der Waals surface area contributed by atoms with E-state index in [0.717, 1.165) is 4.48 Å². The van der Waals surface area contributed by atoms with Crippen molar-refractivity contribution in [3.05, 3.63) is 22.5 Å². The van der Waals surface area contributed by atoms with Crippen LogP contribution in [0.3, 0.4) is 0 Å². The highest BCUT2D eigenvalue weighted by Crippen LogP contribution is 2.36. The molecule has 0 N–H and O–H groups in total. The van der Waals surface area contributed by atoms with E-state index in [1.807, 2.05) is 0 Å². The number of halogens is 3. The molecule has 0 nitrogen and oxygen atoms in total. The van der Waals surface area contributed by atoms with Gasteiger partial charge in [-0.15, -0.1) is 11.6 Å². The van der Waals surface area contributed by atoms with Crippen LogP contribution in [0, 0.1) is 11.8 Å². The summed E-state index contributed by atoms with van der Waals surface area (Å²) in [5, 5.41) is -0.232. The molecular weight excluding hydrogens is 242 g/mol. The van der Waals surface area contributed by atoms with Gasteiger partial charge in [0.25, 0.3) is 0 Å². The van der Waals surface area contributed by atoms with E-state index >= 15 is 0 Å². The molecule has 0 aromatic rings. The maximum Gasteiger partial charge on any atom is 0.121 e. The zero-order chi connectivity index (χ0) is 9.30. The van der Waals surface area contributed by atoms with Crippen molar-refractivity contribution in [2.45, 2.75) is 19.2 Å². The third kappa shape index (κ3) is 2.11. The van der Waals surface area contributed by atoms with Gasteiger partial charge >= 0.3 is 0 Å². The van der Waals surface area contributed by atoms with Crippen molar-refractivity contribution in [2.24, 2.45) is 11.8 Å². The van der Waals surface area contributed by atoms with Crippen molar-refractivity contribution in [2.75, 3.05) is 0 Å². The largest absolute Gasteiger partial charge is 0.207 e. The first-order chi connectivity index (χ1) is 5.52. The van der Waals surface area contributed by atoms with Gasteiger partial charge < -0.3 is 0 Å². The molecule has 1 aliphatic carbocycles. The molecule has 1 aliphatic rings. The van der Waals surface area contributed by atoms with Gasteiger partial charge in [-0.1, -0.05) is 29.8 Å². The first-order valence-electron chi connectivity index (χ1n) is 3.91. The van der Waals surface area contributed by atoms with Crippen molar-refractivity contribution in [3.8, 4) is 0 Å². The predicted octanol–water partition coefficient (Wildman–Crippen LogP) is 4.01. The highest BCUT2D eigenvalue weighted by atomic mass is 79.9. The Bertz CT molecular complexity index is 233. The molecule has 0 saturated heterocycles. The van der Waals surface area contributed by atoms with Crippen LogP contribution in [0.15, 0.2) is 22.5 Å². The summed E-state index contributed by atoms with van der Waals surface area (Å²) in [4.78, 5) is 0. The van der Waals surface area contributed by atoms with Crippen LogP contribution < -0.4 is 0 Å². The number of rotatable bonds is 1. The van der Waals surface area contributed by atoms with Gasteiger partial charge in [-0.05, 0) is 18.1 Å². The van der Waals surface area contributed by atoms with E-state index in [0.29, 0.717) is 5.92 Å². The summed E-state index contributed by atoms with van der Waals surface area (Å²) in [7, 11) is 0. The summed E-state index contributed by atoms with van der Waals surface area (Å²) in [6.45, 7) is 4.15. The smallest absolute Gasteiger partial charge is 0.121 e. The molecular formula is C9H11BrClF. The van der Waals surface area contributed by atoms with Gasteiger partial charge in [-0.25, -0.2) is 4.39 Å². The maximum absolute atomic E-state index is 12.8. The summed E-state index contributed by atoms with van der Waals surface area (Å²) >= 11 is 9.31. The molecule has 0 radical (unpaired) electrons. The molecule has 0 amide bonds. The fraction of sp³-hybridized carbons (Fsp3) is 0.556. The SMILES string of the molecule is CC(C)C1C(Br)=CC(F)=CC1Cl. The Morgan fingerprint density at radius 2 is 2.17 bits per heavy atom. The molecule has 0 aromatic heterocycles. The van der Waals surface area contributed by atoms with Gasteiger partial charge in [0.15, 0.2) is 0 Å². The lowest BCUT2D eigenvalue weighted by Gasteiger charge is -2.26. The van der Waals surface area contributed by atoms with Gasteiger partial charge in [-0.2, -0.15) is 0 Å². The van der Waals surface area contributed by atoms with Crippen LogP contribution in [-0.4, -0.2) is 5.38 Å². The van der Waals surface area contributed by atoms with E-state index in [4.69, 9.17) is 11.6 Å². The van der Waals surface area contributed by atoms with Crippen molar-refractivity contribution in [3.63, 3.8) is 0 Å². The van der Waals surface area contributed by atoms with Crippen LogP contribution in [0.25, 0.3) is 0 Å². The second kappa shape index (κ2) is 3.93. The van der Waals surface area contributed by atoms with Crippen LogP contribution >= 0.6 is 27.5 Å². The van der Waals surface area contributed by atoms with Crippen LogP contribution in [0.2, 0.25) is 0 Å². The van der Waals surface area contributed by atoms with E-state index in [9.17, 15) is 4.39 Å². The Kier molecular flexibility index (Phi) is 3.36. The number of hydrogen-bond donors (Lipinski definition) is 0. The molecule has 0 aromatic carbocycles. The first-order valence-corrected chi connectivity index (χ1v) is 5.14. The predicted molar refractivity (Wildman–Crippen MR) is 54.2 cm³/mol. The molecule has 0 aliphatic heterocycles. The number of hydrogen-bond acceptors (Lipinski definition) is 0. The summed E-state index contributed by atoms with van der Waals surface area (Å²) in [6.07, 6.45) is 2.94. The van der Waals surface area contributed by atoms with Crippen molar-refractivity contribution in [1.29, 1.82) is 0 Å². The zero-order valence-electron chi connectivity index (χ0n) is 7.02. The fourth-order valence-corrected chi connectivity index (χ4v) is 3.10. The molecule has 3 heteroatoms. The average Bonchev–Trinajstić information content (AvgIpc) is 1.82. The molecule has 1 rings (SSSR count). The van der Waals surface area contributed by atoms with E-state index in [1.54, 1.807) is 0 Å². The van der Waals surface area contributed by atoms with Gasteiger partial charge in [0, 0.05) is 10.4 Å². The average molecular weight is 254 g/mol. The van der Waals surface area contributed by atoms with Crippen LogP contribution in [0.5, 0.6) is 0 Å². The lowest BCUT2D eigenvalue weighted by atomic mass is 9.89. The summed E-state index contributed by atoms with van der Waals surface area (Å²) in [5.74, 6) is 0.368. The van der Waals surface area contributed by atoms with Gasteiger partial charge in [0.05, 0.1) is 5.38 Å². The summed E-state index contributed by atoms with van der Waals surface area (Å²) in [5.41, 5.74) is 0. The van der Waals surface area contributed by atoms with Crippen LogP contribution in [0.4, 0.5) is 4.39 Å². The molecule has 2 unspecified atom stereocenters.